The Labute approximate surface area is 152 Å². The van der Waals surface area contributed by atoms with Crippen molar-refractivity contribution < 1.29 is 14.4 Å². The van der Waals surface area contributed by atoms with Crippen molar-refractivity contribution in [1.29, 1.82) is 0 Å². The lowest BCUT2D eigenvalue weighted by Gasteiger charge is -2.17. The lowest BCUT2D eigenvalue weighted by molar-refractivity contribution is -0.130. The largest absolute Gasteiger partial charge is 0.391 e. The van der Waals surface area contributed by atoms with E-state index in [1.165, 1.54) is 7.11 Å². The Morgan fingerprint density at radius 3 is 2.52 bits per heavy atom. The van der Waals surface area contributed by atoms with Crippen LogP contribution in [0.25, 0.3) is 0 Å². The Hall–Kier alpha value is -2.37. The summed E-state index contributed by atoms with van der Waals surface area (Å²) in [6.07, 6.45) is -0.689. The predicted molar refractivity (Wildman–Crippen MR) is 98.7 cm³/mol. The molecular weight excluding hydrogens is 340 g/mol. The number of carbonyl (C=O) groups excluding carboxylic acids is 1. The van der Waals surface area contributed by atoms with Crippen LogP contribution in [0.1, 0.15) is 29.7 Å². The van der Waals surface area contributed by atoms with Gasteiger partial charge in [-0.3, -0.25) is 4.79 Å². The van der Waals surface area contributed by atoms with Gasteiger partial charge >= 0.3 is 0 Å². The van der Waals surface area contributed by atoms with Gasteiger partial charge in [-0.05, 0) is 35.7 Å². The maximum absolute atomic E-state index is 12.0. The second kappa shape index (κ2) is 9.20. The third-order valence-corrected chi connectivity index (χ3v) is 3.99. The molecule has 0 saturated heterocycles. The maximum atomic E-state index is 12.0. The third kappa shape index (κ3) is 5.05. The van der Waals surface area contributed by atoms with Crippen LogP contribution >= 0.6 is 11.6 Å². The summed E-state index contributed by atoms with van der Waals surface area (Å²) in [6.45, 7) is 2.09. The van der Waals surface area contributed by atoms with Crippen LogP contribution in [0.4, 0.5) is 0 Å². The Balaban J connectivity index is 2.12. The van der Waals surface area contributed by atoms with E-state index in [9.17, 15) is 4.79 Å². The molecule has 2 aromatic carbocycles. The van der Waals surface area contributed by atoms with E-state index in [2.05, 4.69) is 10.5 Å². The van der Waals surface area contributed by atoms with Crippen LogP contribution in [0.2, 0.25) is 5.02 Å². The average Bonchev–Trinajstić information content (AvgIpc) is 2.63. The molecule has 0 aliphatic carbocycles. The molecule has 1 atom stereocenters. The normalized spacial score (nSPS) is 12.6. The van der Waals surface area contributed by atoms with Crippen LogP contribution in [0.15, 0.2) is 53.7 Å². The van der Waals surface area contributed by atoms with Gasteiger partial charge in [0.05, 0.1) is 5.71 Å². The van der Waals surface area contributed by atoms with E-state index in [4.69, 9.17) is 21.2 Å². The number of carbonyl (C=O) groups is 1. The Bertz CT molecular complexity index is 745. The monoisotopic (exact) mass is 360 g/mol. The topological polar surface area (TPSA) is 59.9 Å². The zero-order valence-corrected chi connectivity index (χ0v) is 15.2. The van der Waals surface area contributed by atoms with Crippen molar-refractivity contribution in [3.63, 3.8) is 0 Å². The van der Waals surface area contributed by atoms with Crippen molar-refractivity contribution >= 4 is 23.2 Å². The molecule has 2 aromatic rings. The maximum Gasteiger partial charge on any atom is 0.253 e. The molecule has 0 saturated carbocycles. The number of rotatable bonds is 7. The van der Waals surface area contributed by atoms with E-state index in [1.807, 2.05) is 43.3 Å². The van der Waals surface area contributed by atoms with Gasteiger partial charge in [0, 0.05) is 19.2 Å². The van der Waals surface area contributed by atoms with E-state index in [-0.39, 0.29) is 12.5 Å². The van der Waals surface area contributed by atoms with Crippen molar-refractivity contribution in [2.75, 3.05) is 14.2 Å². The van der Waals surface area contributed by atoms with Crippen molar-refractivity contribution in [3.05, 3.63) is 70.2 Å². The molecule has 0 radical (unpaired) electrons. The molecule has 132 valence electrons. The quantitative estimate of drug-likeness (QED) is 0.604. The molecule has 0 aliphatic rings. The summed E-state index contributed by atoms with van der Waals surface area (Å²) < 4.78 is 5.32. The lowest BCUT2D eigenvalue weighted by Crippen LogP contribution is -2.27. The standard InChI is InChI=1S/C19H21ClN2O3/c1-13(14-8-10-16(20)11-9-14)22-25-12-15-6-4-5-7-17(15)18(24-3)19(23)21-2/h4-11,18H,12H2,1-3H3,(H,21,23). The van der Waals surface area contributed by atoms with Crippen LogP contribution in [0.5, 0.6) is 0 Å². The first-order valence-electron chi connectivity index (χ1n) is 7.81. The van der Waals surface area contributed by atoms with E-state index in [1.54, 1.807) is 19.2 Å². The van der Waals surface area contributed by atoms with Crippen LogP contribution in [-0.2, 0) is 21.0 Å². The lowest BCUT2D eigenvalue weighted by atomic mass is 10.0. The Morgan fingerprint density at radius 1 is 1.20 bits per heavy atom. The Kier molecular flexibility index (Phi) is 6.98. The molecule has 5 nitrogen and oxygen atoms in total. The molecule has 0 spiro atoms. The van der Waals surface area contributed by atoms with Gasteiger partial charge < -0.3 is 14.9 Å². The van der Waals surface area contributed by atoms with Crippen molar-refractivity contribution in [2.24, 2.45) is 5.16 Å². The van der Waals surface area contributed by atoms with Crippen molar-refractivity contribution in [1.82, 2.24) is 5.32 Å². The zero-order chi connectivity index (χ0) is 18.2. The van der Waals surface area contributed by atoms with Crippen LogP contribution in [0, 0.1) is 0 Å². The summed E-state index contributed by atoms with van der Waals surface area (Å²) >= 11 is 5.88. The number of likely N-dealkylation sites (N-methyl/N-ethyl adjacent to an activating group) is 1. The number of nitrogens with one attached hydrogen (secondary N) is 1. The number of hydrogen-bond acceptors (Lipinski definition) is 4. The van der Waals surface area contributed by atoms with Gasteiger partial charge in [0.25, 0.3) is 5.91 Å². The molecule has 0 aliphatic heterocycles. The van der Waals surface area contributed by atoms with E-state index < -0.39 is 6.10 Å². The highest BCUT2D eigenvalue weighted by atomic mass is 35.5. The fraction of sp³-hybridized carbons (Fsp3) is 0.263. The zero-order valence-electron chi connectivity index (χ0n) is 14.5. The molecule has 1 amide bonds. The van der Waals surface area contributed by atoms with Crippen molar-refractivity contribution in [3.8, 4) is 0 Å². The highest BCUT2D eigenvalue weighted by molar-refractivity contribution is 6.30. The second-order valence-electron chi connectivity index (χ2n) is 5.39. The summed E-state index contributed by atoms with van der Waals surface area (Å²) in [4.78, 5) is 17.5. The minimum Gasteiger partial charge on any atom is -0.391 e. The van der Waals surface area contributed by atoms with Crippen molar-refractivity contribution in [2.45, 2.75) is 19.6 Å². The average molecular weight is 361 g/mol. The van der Waals surface area contributed by atoms with Crippen LogP contribution in [-0.4, -0.2) is 25.8 Å². The van der Waals surface area contributed by atoms with Gasteiger partial charge in [0.15, 0.2) is 6.10 Å². The molecular formula is C19H21ClN2O3. The number of methoxy groups -OCH3 is 1. The summed E-state index contributed by atoms with van der Waals surface area (Å²) in [5, 5.41) is 7.41. The first-order chi connectivity index (χ1) is 12.1. The number of hydrogen-bond donors (Lipinski definition) is 1. The molecule has 1 unspecified atom stereocenters. The molecule has 6 heteroatoms. The summed E-state index contributed by atoms with van der Waals surface area (Å²) in [5.41, 5.74) is 3.26. The molecule has 0 fully saturated rings. The second-order valence-corrected chi connectivity index (χ2v) is 5.82. The van der Waals surface area contributed by atoms with E-state index in [0.29, 0.717) is 5.02 Å². The fourth-order valence-corrected chi connectivity index (χ4v) is 2.50. The summed E-state index contributed by atoms with van der Waals surface area (Å²) in [5.74, 6) is -0.212. The van der Waals surface area contributed by atoms with Gasteiger partial charge in [-0.2, -0.15) is 0 Å². The molecule has 0 bridgehead atoms. The van der Waals surface area contributed by atoms with Gasteiger partial charge in [-0.15, -0.1) is 0 Å². The Morgan fingerprint density at radius 2 is 1.88 bits per heavy atom. The SMILES string of the molecule is CNC(=O)C(OC)c1ccccc1CON=C(C)c1ccc(Cl)cc1. The van der Waals surface area contributed by atoms with Gasteiger partial charge in [-0.25, -0.2) is 0 Å². The first-order valence-corrected chi connectivity index (χ1v) is 8.19. The van der Waals surface area contributed by atoms with Crippen LogP contribution < -0.4 is 5.32 Å². The molecule has 2 rings (SSSR count). The number of nitrogens with zero attached hydrogens (tertiary/aromatic N) is 1. The smallest absolute Gasteiger partial charge is 0.253 e. The number of amides is 1. The van der Waals surface area contributed by atoms with Gasteiger partial charge in [0.2, 0.25) is 0 Å². The van der Waals surface area contributed by atoms with Gasteiger partial charge in [-0.1, -0.05) is 53.2 Å². The minimum absolute atomic E-state index is 0.212. The first kappa shape index (κ1) is 19.0. The van der Waals surface area contributed by atoms with Crippen LogP contribution in [0.3, 0.4) is 0 Å². The molecule has 0 heterocycles. The molecule has 25 heavy (non-hydrogen) atoms. The summed E-state index contributed by atoms with van der Waals surface area (Å²) in [6, 6.07) is 14.8. The number of ether oxygens (including phenoxy) is 1. The molecule has 1 N–H and O–H groups in total. The third-order valence-electron chi connectivity index (χ3n) is 3.74. The number of benzene rings is 2. The molecule has 0 aromatic heterocycles. The van der Waals surface area contributed by atoms with E-state index >= 15 is 0 Å². The highest BCUT2D eigenvalue weighted by Gasteiger charge is 2.21. The summed E-state index contributed by atoms with van der Waals surface area (Å²) in [7, 11) is 3.08. The fourth-order valence-electron chi connectivity index (χ4n) is 2.37. The number of oxime groups is 1. The number of halogens is 1. The predicted octanol–water partition coefficient (Wildman–Crippen LogP) is 3.71. The van der Waals surface area contributed by atoms with Gasteiger partial charge in [0.1, 0.15) is 6.61 Å². The minimum atomic E-state index is -0.689. The van der Waals surface area contributed by atoms with E-state index in [0.717, 1.165) is 22.4 Å². The highest BCUT2D eigenvalue weighted by Crippen LogP contribution is 2.22.